The molecular formula is C47H71N5O11. The molecule has 14 atom stereocenters. The number of fused-ring (bicyclic) bond motifs is 1. The van der Waals surface area contributed by atoms with Crippen molar-refractivity contribution in [1.29, 1.82) is 0 Å². The van der Waals surface area contributed by atoms with Gasteiger partial charge in [0.2, 0.25) is 0 Å². The molecule has 3 aliphatic heterocycles. The molecule has 63 heavy (non-hydrogen) atoms. The number of hydrogen-bond donors (Lipinski definition) is 1. The summed E-state index contributed by atoms with van der Waals surface area (Å²) in [6.45, 7) is 15.6. The normalized spacial score (nSPS) is 35.8. The Morgan fingerprint density at radius 3 is 2.37 bits per heavy atom. The highest BCUT2D eigenvalue weighted by Gasteiger charge is 2.60. The van der Waals surface area contributed by atoms with Crippen LogP contribution in [-0.2, 0) is 55.8 Å². The first-order chi connectivity index (χ1) is 29.7. The summed E-state index contributed by atoms with van der Waals surface area (Å²) in [5, 5.41) is 11.7. The third-order valence-electron chi connectivity index (χ3n) is 13.6. The van der Waals surface area contributed by atoms with E-state index in [1.54, 1.807) is 69.4 Å². The van der Waals surface area contributed by atoms with E-state index < -0.39 is 89.7 Å². The molecule has 5 heterocycles. The van der Waals surface area contributed by atoms with Crippen LogP contribution in [0.15, 0.2) is 48.9 Å². The molecule has 16 heteroatoms. The predicted molar refractivity (Wildman–Crippen MR) is 233 cm³/mol. The molecule has 3 saturated heterocycles. The predicted octanol–water partition coefficient (Wildman–Crippen LogP) is 4.70. The van der Waals surface area contributed by atoms with Gasteiger partial charge in [0.05, 0.1) is 41.9 Å². The monoisotopic (exact) mass is 882 g/mol. The van der Waals surface area contributed by atoms with Crippen molar-refractivity contribution in [3.63, 3.8) is 0 Å². The van der Waals surface area contributed by atoms with Gasteiger partial charge in [0.1, 0.15) is 24.1 Å². The first kappa shape index (κ1) is 49.9. The van der Waals surface area contributed by atoms with Gasteiger partial charge in [-0.2, -0.15) is 0 Å². The number of rotatable bonds is 13. The number of aromatic nitrogens is 2. The number of amides is 1. The first-order valence-corrected chi connectivity index (χ1v) is 22.4. The summed E-state index contributed by atoms with van der Waals surface area (Å²) in [7, 11) is 7.22. The second-order valence-electron chi connectivity index (χ2n) is 18.7. The topological polar surface area (TPSA) is 179 Å². The molecule has 0 bridgehead atoms. The lowest BCUT2D eigenvalue weighted by Crippen LogP contribution is -2.61. The lowest BCUT2D eigenvalue weighted by molar-refractivity contribution is -0.301. The highest BCUT2D eigenvalue weighted by Crippen LogP contribution is 2.44. The van der Waals surface area contributed by atoms with Gasteiger partial charge in [0.15, 0.2) is 11.9 Å². The number of nitrogens with zero attached hydrogens (tertiary/aromatic N) is 5. The smallest absolute Gasteiger partial charge is 0.410 e. The lowest BCUT2D eigenvalue weighted by Gasteiger charge is -2.48. The van der Waals surface area contributed by atoms with E-state index in [2.05, 4.69) is 14.9 Å². The summed E-state index contributed by atoms with van der Waals surface area (Å²) in [6, 6.07) is 7.94. The van der Waals surface area contributed by atoms with Crippen LogP contribution in [0.25, 0.3) is 0 Å². The van der Waals surface area contributed by atoms with Gasteiger partial charge in [-0.15, -0.1) is 0 Å². The van der Waals surface area contributed by atoms with Crippen molar-refractivity contribution < 1.29 is 52.7 Å². The van der Waals surface area contributed by atoms with Crippen LogP contribution in [0.1, 0.15) is 85.9 Å². The zero-order chi connectivity index (χ0) is 46.4. The zero-order valence-electron chi connectivity index (χ0n) is 39.3. The number of carbonyl (C=O) groups excluding carboxylic acids is 4. The fourth-order valence-electron chi connectivity index (χ4n) is 10.1. The van der Waals surface area contributed by atoms with Gasteiger partial charge in [0.25, 0.3) is 0 Å². The molecule has 0 aromatic carbocycles. The summed E-state index contributed by atoms with van der Waals surface area (Å²) in [5.74, 6) is -4.85. The van der Waals surface area contributed by atoms with Gasteiger partial charge in [0, 0.05) is 69.1 Å². The Labute approximate surface area is 373 Å². The SMILES string of the molecule is CC[C@H]1OC(=O)[C@H](C)[C@@H](OC(=O)Cc2ccccn2)[C@H](C)[C@@H](O[C@@H]2O[C@H](C)C[C@H](N(C)C)[C@H]2O)[C@](C)(OC)C[C@@H](C)C(=O)[C@H](C)[C@H]2N(CCN(C)Cc3cccnc3)C(=O)O[C@]12C. The summed E-state index contributed by atoms with van der Waals surface area (Å²) in [4.78, 5) is 71.6. The molecule has 3 aliphatic rings. The standard InChI is InChI=1S/C47H71N5O11/c1-13-36-47(8)41(52(45(57)63-47)22-21-51(11)27-33-17-16-19-48-26-33)30(4)38(54)28(2)25-46(7,58-12)42(62-44-39(55)35(50(9)10)23-29(3)59-44)31(5)40(32(6)43(56)60-36)61-37(53)24-34-18-14-15-20-49-34/h14-20,26,28-32,35-36,39-42,44,55H,13,21-25,27H2,1-12H3/t28-,29-,30+,31+,32-,35+,36-,39-,40+,41-,42-,44+,46-,47-/m1/s1. The number of aliphatic hydroxyl groups excluding tert-OH is 1. The Morgan fingerprint density at radius 2 is 1.75 bits per heavy atom. The molecule has 0 aliphatic carbocycles. The molecule has 1 amide bonds. The van der Waals surface area contributed by atoms with Crippen LogP contribution in [0.3, 0.4) is 0 Å². The van der Waals surface area contributed by atoms with Gasteiger partial charge in [-0.05, 0) is 91.9 Å². The van der Waals surface area contributed by atoms with E-state index in [4.69, 9.17) is 28.4 Å². The third kappa shape index (κ3) is 11.4. The molecule has 16 nitrogen and oxygen atoms in total. The number of cyclic esters (lactones) is 1. The highest BCUT2D eigenvalue weighted by atomic mass is 16.7. The molecule has 0 unspecified atom stereocenters. The fraction of sp³-hybridized carbons (Fsp3) is 0.702. The molecular weight excluding hydrogens is 811 g/mol. The minimum absolute atomic E-state index is 0.119. The van der Waals surface area contributed by atoms with Crippen molar-refractivity contribution in [2.24, 2.45) is 23.7 Å². The Hall–Kier alpha value is -4.06. The number of carbonyl (C=O) groups is 4. The van der Waals surface area contributed by atoms with Crippen molar-refractivity contribution in [3.05, 3.63) is 60.2 Å². The molecule has 1 N–H and O–H groups in total. The summed E-state index contributed by atoms with van der Waals surface area (Å²) in [5.41, 5.74) is -1.25. The minimum Gasteiger partial charge on any atom is -0.461 e. The lowest BCUT2D eigenvalue weighted by atomic mass is 9.73. The third-order valence-corrected chi connectivity index (χ3v) is 13.6. The van der Waals surface area contributed by atoms with Gasteiger partial charge < -0.3 is 43.3 Å². The highest BCUT2D eigenvalue weighted by molar-refractivity contribution is 5.85. The van der Waals surface area contributed by atoms with Crippen LogP contribution in [0, 0.1) is 23.7 Å². The fourth-order valence-corrected chi connectivity index (χ4v) is 10.1. The summed E-state index contributed by atoms with van der Waals surface area (Å²) < 4.78 is 38.5. The second kappa shape index (κ2) is 21.3. The van der Waals surface area contributed by atoms with E-state index in [-0.39, 0.29) is 43.7 Å². The van der Waals surface area contributed by atoms with Crippen molar-refractivity contribution >= 4 is 23.8 Å². The zero-order valence-corrected chi connectivity index (χ0v) is 39.3. The van der Waals surface area contributed by atoms with E-state index in [9.17, 15) is 24.3 Å². The van der Waals surface area contributed by atoms with Crippen LogP contribution in [-0.4, -0.2) is 155 Å². The molecule has 0 spiro atoms. The molecule has 2 aromatic heterocycles. The van der Waals surface area contributed by atoms with E-state index >= 15 is 0 Å². The van der Waals surface area contributed by atoms with Crippen LogP contribution in [0.2, 0.25) is 0 Å². The summed E-state index contributed by atoms with van der Waals surface area (Å²) in [6.07, 6.45) is -0.477. The number of aliphatic hydroxyl groups is 1. The van der Waals surface area contributed by atoms with Crippen LogP contribution < -0.4 is 0 Å². The quantitative estimate of drug-likeness (QED) is 0.216. The largest absolute Gasteiger partial charge is 0.461 e. The van der Waals surface area contributed by atoms with Crippen molar-refractivity contribution in [3.8, 4) is 0 Å². The number of esters is 2. The maximum atomic E-state index is 15.0. The second-order valence-corrected chi connectivity index (χ2v) is 18.7. The number of methoxy groups -OCH3 is 1. The van der Waals surface area contributed by atoms with E-state index in [1.807, 2.05) is 65.9 Å². The first-order valence-electron chi connectivity index (χ1n) is 22.4. The Morgan fingerprint density at radius 1 is 1.02 bits per heavy atom. The van der Waals surface area contributed by atoms with E-state index in [0.29, 0.717) is 25.2 Å². The number of likely N-dealkylation sites (N-methyl/N-ethyl adjacent to an activating group) is 2. The maximum absolute atomic E-state index is 15.0. The Bertz CT molecular complexity index is 1840. The molecule has 3 fully saturated rings. The number of ether oxygens (including phenoxy) is 6. The van der Waals surface area contributed by atoms with Crippen molar-refractivity contribution in [2.75, 3.05) is 41.3 Å². The van der Waals surface area contributed by atoms with E-state index in [0.717, 1.165) is 5.56 Å². The van der Waals surface area contributed by atoms with Crippen LogP contribution in [0.5, 0.6) is 0 Å². The van der Waals surface area contributed by atoms with Gasteiger partial charge >= 0.3 is 18.0 Å². The average Bonchev–Trinajstić information content (AvgIpc) is 3.51. The Balaban J connectivity index is 1.58. The number of Topliss-reactive ketones (excluding diaryl/α,β-unsaturated/α-hetero) is 1. The Kier molecular flexibility index (Phi) is 16.9. The molecule has 0 radical (unpaired) electrons. The maximum Gasteiger partial charge on any atom is 0.410 e. The summed E-state index contributed by atoms with van der Waals surface area (Å²) >= 11 is 0. The molecule has 5 rings (SSSR count). The van der Waals surface area contributed by atoms with E-state index in [1.165, 1.54) is 7.11 Å². The number of ketones is 1. The molecule has 350 valence electrons. The van der Waals surface area contributed by atoms with Gasteiger partial charge in [-0.1, -0.05) is 39.8 Å². The average molecular weight is 882 g/mol. The van der Waals surface area contributed by atoms with Crippen molar-refractivity contribution in [2.45, 2.75) is 148 Å². The van der Waals surface area contributed by atoms with Crippen LogP contribution >= 0.6 is 0 Å². The molecule has 0 saturated carbocycles. The van der Waals surface area contributed by atoms with Crippen LogP contribution in [0.4, 0.5) is 4.79 Å². The number of pyridine rings is 2. The van der Waals surface area contributed by atoms with Crippen molar-refractivity contribution in [1.82, 2.24) is 24.7 Å². The minimum atomic E-state index is -1.44. The van der Waals surface area contributed by atoms with Gasteiger partial charge in [-0.3, -0.25) is 29.3 Å². The van der Waals surface area contributed by atoms with Gasteiger partial charge in [-0.25, -0.2) is 4.79 Å². The molecule has 2 aromatic rings. The number of hydrogen-bond acceptors (Lipinski definition) is 15.